The van der Waals surface area contributed by atoms with E-state index >= 15 is 0 Å². The minimum atomic E-state index is -0.0808. The quantitative estimate of drug-likeness (QED) is 0.481. The summed E-state index contributed by atoms with van der Waals surface area (Å²) in [6.07, 6.45) is 4.41. The second-order valence-electron chi connectivity index (χ2n) is 3.06. The average Bonchev–Trinajstić information content (AvgIpc) is 2.12. The molecule has 1 nitrogen and oxygen atoms in total. The average molecular weight is 378 g/mol. The van der Waals surface area contributed by atoms with Crippen molar-refractivity contribution in [3.05, 3.63) is 0 Å². The van der Waals surface area contributed by atoms with Crippen molar-refractivity contribution in [2.45, 2.75) is 29.9 Å². The number of hydrogen-bond donors (Lipinski definition) is 0. The first kappa shape index (κ1) is 14.1. The minimum Gasteiger partial charge on any atom is -0.295 e. The Labute approximate surface area is 106 Å². The Morgan fingerprint density at radius 3 is 2.23 bits per heavy atom. The van der Waals surface area contributed by atoms with Crippen LogP contribution >= 0.6 is 47.8 Å². The predicted octanol–water partition coefficient (Wildman–Crippen LogP) is 4.37. The molecule has 0 fully saturated rings. The lowest BCUT2D eigenvalue weighted by Crippen LogP contribution is -2.17. The van der Waals surface area contributed by atoms with Crippen molar-refractivity contribution in [3.8, 4) is 0 Å². The first-order valence-corrected chi connectivity index (χ1v) is 7.20. The van der Waals surface area contributed by atoms with Gasteiger partial charge in [-0.05, 0) is 18.8 Å². The molecule has 78 valence electrons. The number of hydrogen-bond acceptors (Lipinski definition) is 1. The summed E-state index contributed by atoms with van der Waals surface area (Å²) in [5, 5.41) is 0.847. The summed E-state index contributed by atoms with van der Waals surface area (Å²) in [5.74, 6) is 0.631. The maximum absolute atomic E-state index is 4.41. The van der Waals surface area contributed by atoms with Crippen molar-refractivity contribution in [3.63, 3.8) is 0 Å². The molecule has 4 heteroatoms. The molecule has 0 unspecified atom stereocenters. The van der Waals surface area contributed by atoms with Crippen LogP contribution in [0.3, 0.4) is 0 Å². The van der Waals surface area contributed by atoms with Gasteiger partial charge in [-0.1, -0.05) is 61.6 Å². The molecule has 0 aliphatic heterocycles. The highest BCUT2D eigenvalue weighted by Crippen LogP contribution is 2.28. The third kappa shape index (κ3) is 7.09. The zero-order chi connectivity index (χ0) is 10.3. The van der Waals surface area contributed by atoms with E-state index in [1.54, 1.807) is 0 Å². The second-order valence-corrected chi connectivity index (χ2v) is 7.72. The topological polar surface area (TPSA) is 12.4 Å². The lowest BCUT2D eigenvalue weighted by Gasteiger charge is -2.14. The lowest BCUT2D eigenvalue weighted by molar-refractivity contribution is 0.652. The summed E-state index contributed by atoms with van der Waals surface area (Å²) in [7, 11) is 0. The van der Waals surface area contributed by atoms with Gasteiger partial charge < -0.3 is 0 Å². The normalized spacial score (nSPS) is 13.1. The van der Waals surface area contributed by atoms with Crippen LogP contribution in [-0.4, -0.2) is 21.3 Å². The van der Waals surface area contributed by atoms with Gasteiger partial charge in [0.05, 0.1) is 6.54 Å². The van der Waals surface area contributed by atoms with Crippen molar-refractivity contribution >= 4 is 54.0 Å². The molecule has 0 aliphatic rings. The summed E-state index contributed by atoms with van der Waals surface area (Å²) in [4.78, 5) is 4.41. The third-order valence-electron chi connectivity index (χ3n) is 1.88. The molecule has 0 saturated carbocycles. The van der Waals surface area contributed by atoms with Gasteiger partial charge >= 0.3 is 0 Å². The Kier molecular flexibility index (Phi) is 8.04. The molecular formula is C9H16Br3N. The van der Waals surface area contributed by atoms with Gasteiger partial charge in [-0.15, -0.1) is 0 Å². The maximum atomic E-state index is 4.41. The van der Waals surface area contributed by atoms with Gasteiger partial charge in [0.15, 0.2) is 0 Å². The van der Waals surface area contributed by atoms with Gasteiger partial charge in [-0.25, -0.2) is 0 Å². The van der Waals surface area contributed by atoms with E-state index in [0.29, 0.717) is 5.92 Å². The van der Waals surface area contributed by atoms with Crippen LogP contribution in [0.2, 0.25) is 0 Å². The van der Waals surface area contributed by atoms with Crippen molar-refractivity contribution < 1.29 is 0 Å². The SMILES string of the molecule is CCC(C=NCC(Br)(Br)CBr)CC. The molecule has 0 N–H and O–H groups in total. The van der Waals surface area contributed by atoms with Gasteiger partial charge in [0.2, 0.25) is 0 Å². The van der Waals surface area contributed by atoms with Crippen LogP contribution in [0, 0.1) is 5.92 Å². The molecule has 0 spiro atoms. The molecule has 0 aromatic heterocycles. The molecule has 0 heterocycles. The standard InChI is InChI=1S/C9H16Br3N/c1-3-8(4-2)5-13-7-9(11,12)6-10/h5,8H,3-4,6-7H2,1-2H3. The molecule has 0 radical (unpaired) electrons. The minimum absolute atomic E-state index is 0.0808. The first-order valence-electron chi connectivity index (χ1n) is 4.49. The van der Waals surface area contributed by atoms with Crippen molar-refractivity contribution in [1.29, 1.82) is 0 Å². The van der Waals surface area contributed by atoms with Gasteiger partial charge in [0.25, 0.3) is 0 Å². The van der Waals surface area contributed by atoms with Crippen LogP contribution in [0.5, 0.6) is 0 Å². The molecule has 0 saturated heterocycles. The number of aliphatic imine (C=N–C) groups is 1. The fourth-order valence-electron chi connectivity index (χ4n) is 0.877. The molecule has 0 amide bonds. The monoisotopic (exact) mass is 375 g/mol. The largest absolute Gasteiger partial charge is 0.295 e. The third-order valence-corrected chi connectivity index (χ3v) is 5.41. The summed E-state index contributed by atoms with van der Waals surface area (Å²) >= 11 is 10.5. The number of rotatable bonds is 6. The van der Waals surface area contributed by atoms with Crippen LogP contribution in [-0.2, 0) is 0 Å². The second kappa shape index (κ2) is 7.41. The van der Waals surface area contributed by atoms with E-state index in [1.165, 1.54) is 12.8 Å². The fourth-order valence-corrected chi connectivity index (χ4v) is 1.34. The molecule has 0 atom stereocenters. The van der Waals surface area contributed by atoms with Crippen LogP contribution in [0.15, 0.2) is 4.99 Å². The highest BCUT2D eigenvalue weighted by Gasteiger charge is 2.19. The van der Waals surface area contributed by atoms with Crippen LogP contribution in [0.4, 0.5) is 0 Å². The van der Waals surface area contributed by atoms with Crippen molar-refractivity contribution in [2.24, 2.45) is 10.9 Å². The molecule has 0 aliphatic carbocycles. The lowest BCUT2D eigenvalue weighted by atomic mass is 10.1. The smallest absolute Gasteiger partial charge is 0.109 e. The van der Waals surface area contributed by atoms with Crippen molar-refractivity contribution in [2.75, 3.05) is 11.9 Å². The Hall–Kier alpha value is 1.11. The molecule has 0 bridgehead atoms. The van der Waals surface area contributed by atoms with Crippen molar-refractivity contribution in [1.82, 2.24) is 0 Å². The van der Waals surface area contributed by atoms with Gasteiger partial charge in [0.1, 0.15) is 3.23 Å². The van der Waals surface area contributed by atoms with E-state index in [1.807, 2.05) is 0 Å². The zero-order valence-corrected chi connectivity index (χ0v) is 12.8. The number of alkyl halides is 3. The van der Waals surface area contributed by atoms with Gasteiger partial charge in [-0.2, -0.15) is 0 Å². The molecule has 0 aromatic carbocycles. The van der Waals surface area contributed by atoms with E-state index in [4.69, 9.17) is 0 Å². The highest BCUT2D eigenvalue weighted by atomic mass is 79.9. The van der Waals surface area contributed by atoms with E-state index in [2.05, 4.69) is 72.8 Å². The van der Waals surface area contributed by atoms with E-state index < -0.39 is 0 Å². The van der Waals surface area contributed by atoms with Crippen LogP contribution in [0.25, 0.3) is 0 Å². The van der Waals surface area contributed by atoms with E-state index in [0.717, 1.165) is 11.9 Å². The Morgan fingerprint density at radius 1 is 1.31 bits per heavy atom. The molecule has 13 heavy (non-hydrogen) atoms. The summed E-state index contributed by atoms with van der Waals surface area (Å²) in [5.41, 5.74) is 0. The highest BCUT2D eigenvalue weighted by molar-refractivity contribution is 9.26. The van der Waals surface area contributed by atoms with Crippen LogP contribution < -0.4 is 0 Å². The van der Waals surface area contributed by atoms with Gasteiger partial charge in [-0.3, -0.25) is 4.99 Å². The number of halogens is 3. The summed E-state index contributed by atoms with van der Waals surface area (Å²) in [6.45, 7) is 5.15. The first-order chi connectivity index (χ1) is 6.05. The fraction of sp³-hybridized carbons (Fsp3) is 0.889. The van der Waals surface area contributed by atoms with E-state index in [-0.39, 0.29) is 3.23 Å². The summed E-state index contributed by atoms with van der Waals surface area (Å²) in [6, 6.07) is 0. The van der Waals surface area contributed by atoms with Crippen LogP contribution in [0.1, 0.15) is 26.7 Å². The van der Waals surface area contributed by atoms with Gasteiger partial charge in [0, 0.05) is 11.5 Å². The molecule has 0 rings (SSSR count). The summed E-state index contributed by atoms with van der Waals surface area (Å²) < 4.78 is -0.0808. The zero-order valence-electron chi connectivity index (χ0n) is 8.06. The maximum Gasteiger partial charge on any atom is 0.109 e. The predicted molar refractivity (Wildman–Crippen MR) is 71.8 cm³/mol. The Bertz CT molecular complexity index is 153. The van der Waals surface area contributed by atoms with E-state index in [9.17, 15) is 0 Å². The number of nitrogens with zero attached hydrogens (tertiary/aromatic N) is 1. The Morgan fingerprint density at radius 2 is 1.85 bits per heavy atom. The molecular weight excluding hydrogens is 362 g/mol. The molecule has 0 aromatic rings. The Balaban J connectivity index is 3.85.